The number of ether oxygens (including phenoxy) is 1. The molecular weight excluding hydrogens is 485 g/mol. The average Bonchev–Trinajstić information content (AvgIpc) is 3.11. The van der Waals surface area contributed by atoms with Crippen LogP contribution in [0.4, 0.5) is 0 Å². The molecule has 0 amide bonds. The molecule has 0 unspecified atom stereocenters. The SMILES string of the molecule is CN=C(NCCc1csc(C)n1)NCc1ccnc(OC2CCCCC2)c1.I. The Labute approximate surface area is 188 Å². The molecule has 0 atom stereocenters. The number of halogens is 1. The molecule has 2 N–H and O–H groups in total. The smallest absolute Gasteiger partial charge is 0.213 e. The Morgan fingerprint density at radius 3 is 2.82 bits per heavy atom. The summed E-state index contributed by atoms with van der Waals surface area (Å²) >= 11 is 1.69. The van der Waals surface area contributed by atoms with Crippen LogP contribution in [0.1, 0.15) is 48.4 Å². The van der Waals surface area contributed by atoms with Gasteiger partial charge in [0.25, 0.3) is 0 Å². The Bertz CT molecular complexity index is 746. The summed E-state index contributed by atoms with van der Waals surface area (Å²) in [5.41, 5.74) is 2.26. The van der Waals surface area contributed by atoms with Crippen molar-refractivity contribution in [3.05, 3.63) is 40.0 Å². The van der Waals surface area contributed by atoms with Crippen molar-refractivity contribution in [1.82, 2.24) is 20.6 Å². The number of pyridine rings is 1. The summed E-state index contributed by atoms with van der Waals surface area (Å²) in [6.45, 7) is 3.51. The quantitative estimate of drug-likeness (QED) is 0.331. The van der Waals surface area contributed by atoms with Crippen molar-refractivity contribution < 1.29 is 4.74 Å². The van der Waals surface area contributed by atoms with Crippen molar-refractivity contribution in [2.45, 2.75) is 58.1 Å². The maximum absolute atomic E-state index is 6.05. The Morgan fingerprint density at radius 1 is 1.29 bits per heavy atom. The fourth-order valence-corrected chi connectivity index (χ4v) is 3.86. The molecule has 2 aromatic rings. The lowest BCUT2D eigenvalue weighted by atomic mass is 9.98. The van der Waals surface area contributed by atoms with Gasteiger partial charge in [0.15, 0.2) is 5.96 Å². The van der Waals surface area contributed by atoms with Crippen molar-refractivity contribution in [2.24, 2.45) is 4.99 Å². The molecule has 6 nitrogen and oxygen atoms in total. The zero-order valence-electron chi connectivity index (χ0n) is 16.6. The first-order valence-electron chi connectivity index (χ1n) is 9.70. The summed E-state index contributed by atoms with van der Waals surface area (Å²) in [6.07, 6.45) is 9.14. The Hall–Kier alpha value is -1.42. The van der Waals surface area contributed by atoms with E-state index in [1.165, 1.54) is 19.3 Å². The Kier molecular flexibility index (Phi) is 9.97. The molecule has 0 spiro atoms. The van der Waals surface area contributed by atoms with E-state index in [9.17, 15) is 0 Å². The van der Waals surface area contributed by atoms with Gasteiger partial charge >= 0.3 is 0 Å². The van der Waals surface area contributed by atoms with Gasteiger partial charge in [0.2, 0.25) is 5.88 Å². The van der Waals surface area contributed by atoms with Crippen LogP contribution >= 0.6 is 35.3 Å². The second-order valence-electron chi connectivity index (χ2n) is 6.84. The molecule has 154 valence electrons. The predicted molar refractivity (Wildman–Crippen MR) is 126 cm³/mol. The fourth-order valence-electron chi connectivity index (χ4n) is 3.22. The standard InChI is InChI=1S/C20H29N5OS.HI/c1-15-25-17(14-27-15)9-11-23-20(21-2)24-13-16-8-10-22-19(12-16)26-18-6-4-3-5-7-18;/h8,10,12,14,18H,3-7,9,11,13H2,1-2H3,(H2,21,23,24);1H. The molecule has 0 aliphatic heterocycles. The Morgan fingerprint density at radius 2 is 2.11 bits per heavy atom. The second-order valence-corrected chi connectivity index (χ2v) is 7.90. The van der Waals surface area contributed by atoms with Crippen molar-refractivity contribution in [3.8, 4) is 5.88 Å². The van der Waals surface area contributed by atoms with Crippen LogP contribution in [0.15, 0.2) is 28.7 Å². The first-order chi connectivity index (χ1) is 13.2. The van der Waals surface area contributed by atoms with Gasteiger partial charge in [0.05, 0.1) is 10.7 Å². The highest BCUT2D eigenvalue weighted by atomic mass is 127. The summed E-state index contributed by atoms with van der Waals surface area (Å²) in [4.78, 5) is 13.1. The summed E-state index contributed by atoms with van der Waals surface area (Å²) < 4.78 is 6.05. The number of aliphatic imine (C=N–C) groups is 1. The Balaban J connectivity index is 0.00000280. The van der Waals surface area contributed by atoms with E-state index in [2.05, 4.69) is 31.0 Å². The van der Waals surface area contributed by atoms with Gasteiger partial charge in [-0.05, 0) is 44.2 Å². The van der Waals surface area contributed by atoms with E-state index in [1.807, 2.05) is 25.3 Å². The van der Waals surface area contributed by atoms with Gasteiger partial charge in [-0.15, -0.1) is 35.3 Å². The highest BCUT2D eigenvalue weighted by Gasteiger charge is 2.15. The first-order valence-corrected chi connectivity index (χ1v) is 10.6. The van der Waals surface area contributed by atoms with Gasteiger partial charge in [-0.1, -0.05) is 6.42 Å². The third kappa shape index (κ3) is 7.54. The summed E-state index contributed by atoms with van der Waals surface area (Å²) in [5, 5.41) is 9.90. The molecule has 0 aromatic carbocycles. The topological polar surface area (TPSA) is 71.4 Å². The van der Waals surface area contributed by atoms with Crippen LogP contribution in [0.2, 0.25) is 0 Å². The van der Waals surface area contributed by atoms with Crippen LogP contribution in [0.5, 0.6) is 5.88 Å². The number of nitrogens with zero attached hydrogens (tertiary/aromatic N) is 3. The van der Waals surface area contributed by atoms with Gasteiger partial charge in [-0.3, -0.25) is 4.99 Å². The summed E-state index contributed by atoms with van der Waals surface area (Å²) in [6, 6.07) is 4.03. The van der Waals surface area contributed by atoms with Crippen molar-refractivity contribution in [3.63, 3.8) is 0 Å². The number of aromatic nitrogens is 2. The molecule has 28 heavy (non-hydrogen) atoms. The van der Waals surface area contributed by atoms with E-state index in [0.29, 0.717) is 12.6 Å². The highest BCUT2D eigenvalue weighted by Crippen LogP contribution is 2.22. The first kappa shape index (κ1) is 22.9. The largest absolute Gasteiger partial charge is 0.474 e. The number of thiazole rings is 1. The van der Waals surface area contributed by atoms with E-state index in [-0.39, 0.29) is 24.0 Å². The molecule has 0 bridgehead atoms. The molecule has 2 heterocycles. The van der Waals surface area contributed by atoms with E-state index in [0.717, 1.165) is 53.9 Å². The molecule has 2 aromatic heterocycles. The molecule has 1 aliphatic carbocycles. The van der Waals surface area contributed by atoms with Crippen LogP contribution in [-0.4, -0.2) is 35.6 Å². The molecule has 3 rings (SSSR count). The van der Waals surface area contributed by atoms with Gasteiger partial charge in [-0.2, -0.15) is 0 Å². The van der Waals surface area contributed by atoms with E-state index >= 15 is 0 Å². The lowest BCUT2D eigenvalue weighted by Crippen LogP contribution is -2.37. The zero-order valence-corrected chi connectivity index (χ0v) is 19.8. The van der Waals surface area contributed by atoms with Crippen LogP contribution in [0, 0.1) is 6.92 Å². The van der Waals surface area contributed by atoms with Crippen molar-refractivity contribution in [2.75, 3.05) is 13.6 Å². The van der Waals surface area contributed by atoms with Gasteiger partial charge in [0.1, 0.15) is 6.10 Å². The van der Waals surface area contributed by atoms with Crippen molar-refractivity contribution >= 4 is 41.3 Å². The van der Waals surface area contributed by atoms with Gasteiger partial charge in [0, 0.05) is 44.2 Å². The molecule has 0 saturated heterocycles. The summed E-state index contributed by atoms with van der Waals surface area (Å²) in [5.74, 6) is 1.51. The van der Waals surface area contributed by atoms with E-state index < -0.39 is 0 Å². The third-order valence-electron chi connectivity index (χ3n) is 4.66. The maximum Gasteiger partial charge on any atom is 0.213 e. The van der Waals surface area contributed by atoms with E-state index in [4.69, 9.17) is 4.74 Å². The normalized spacial score (nSPS) is 15.0. The predicted octanol–water partition coefficient (Wildman–Crippen LogP) is 4.08. The zero-order chi connectivity index (χ0) is 18.9. The molecule has 1 fully saturated rings. The number of nitrogens with one attached hydrogen (secondary N) is 2. The molecule has 1 saturated carbocycles. The van der Waals surface area contributed by atoms with Crippen molar-refractivity contribution in [1.29, 1.82) is 0 Å². The van der Waals surface area contributed by atoms with Crippen LogP contribution in [0.25, 0.3) is 0 Å². The molecular formula is C20H30IN5OS. The number of hydrogen-bond donors (Lipinski definition) is 2. The molecule has 8 heteroatoms. The number of guanidine groups is 1. The number of hydrogen-bond acceptors (Lipinski definition) is 5. The van der Waals surface area contributed by atoms with Crippen LogP contribution in [-0.2, 0) is 13.0 Å². The third-order valence-corrected chi connectivity index (χ3v) is 5.48. The monoisotopic (exact) mass is 515 g/mol. The minimum atomic E-state index is 0. The minimum absolute atomic E-state index is 0. The van der Waals surface area contributed by atoms with Crippen LogP contribution in [0.3, 0.4) is 0 Å². The summed E-state index contributed by atoms with van der Waals surface area (Å²) in [7, 11) is 1.78. The molecule has 1 aliphatic rings. The van der Waals surface area contributed by atoms with E-state index in [1.54, 1.807) is 18.4 Å². The minimum Gasteiger partial charge on any atom is -0.474 e. The highest BCUT2D eigenvalue weighted by molar-refractivity contribution is 14.0. The lowest BCUT2D eigenvalue weighted by Gasteiger charge is -2.22. The fraction of sp³-hybridized carbons (Fsp3) is 0.550. The van der Waals surface area contributed by atoms with Gasteiger partial charge in [-0.25, -0.2) is 9.97 Å². The van der Waals surface area contributed by atoms with Crippen LogP contribution < -0.4 is 15.4 Å². The second kappa shape index (κ2) is 12.2. The number of rotatable bonds is 7. The lowest BCUT2D eigenvalue weighted by molar-refractivity contribution is 0.148. The average molecular weight is 515 g/mol. The maximum atomic E-state index is 6.05. The van der Waals surface area contributed by atoms with Gasteiger partial charge < -0.3 is 15.4 Å². The number of aryl methyl sites for hydroxylation is 1. The molecule has 0 radical (unpaired) electrons.